The van der Waals surface area contributed by atoms with Gasteiger partial charge in [-0.2, -0.15) is 0 Å². The highest BCUT2D eigenvalue weighted by Crippen LogP contribution is 2.18. The van der Waals surface area contributed by atoms with Crippen molar-refractivity contribution in [1.29, 1.82) is 0 Å². The molecule has 0 atom stereocenters. The maximum atomic E-state index is 13.5. The Kier molecular flexibility index (Phi) is 5.49. The van der Waals surface area contributed by atoms with Crippen LogP contribution in [0.2, 0.25) is 0 Å². The summed E-state index contributed by atoms with van der Waals surface area (Å²) in [5.74, 6) is -1.62. The maximum Gasteiger partial charge on any atom is 0.275 e. The van der Waals surface area contributed by atoms with E-state index in [2.05, 4.69) is 4.98 Å². The lowest BCUT2D eigenvalue weighted by Gasteiger charge is -2.16. The summed E-state index contributed by atoms with van der Waals surface area (Å²) < 4.78 is 26.3. The average Bonchev–Trinajstić information content (AvgIpc) is 2.48. The molecule has 1 aromatic carbocycles. The Morgan fingerprint density at radius 3 is 2.59 bits per heavy atom. The Morgan fingerprint density at radius 1 is 1.27 bits per heavy atom. The number of amides is 1. The number of carbonyl (C=O) groups excluding carboxylic acids is 1. The third-order valence-electron chi connectivity index (χ3n) is 3.07. The molecule has 0 radical (unpaired) electrons. The minimum atomic E-state index is -0.942. The topological polar surface area (TPSA) is 33.2 Å². The fourth-order valence-corrected chi connectivity index (χ4v) is 2.72. The van der Waals surface area contributed by atoms with Crippen LogP contribution in [0.25, 0.3) is 0 Å². The Hall–Kier alpha value is -1.95. The lowest BCUT2D eigenvalue weighted by molar-refractivity contribution is 0.0792. The molecule has 0 fully saturated rings. The van der Waals surface area contributed by atoms with Gasteiger partial charge in [0.15, 0.2) is 11.5 Å². The molecule has 0 unspecified atom stereocenters. The highest BCUT2D eigenvalue weighted by Gasteiger charge is 2.18. The third-order valence-corrected chi connectivity index (χ3v) is 4.07. The van der Waals surface area contributed by atoms with Gasteiger partial charge in [-0.3, -0.25) is 4.79 Å². The molecule has 116 valence electrons. The SMILES string of the molecule is Cc1ccc(SCCN(C)C(=O)c2ncc(F)cc2F)cc1. The number of nitrogens with zero attached hydrogens (tertiary/aromatic N) is 2. The van der Waals surface area contributed by atoms with Crippen LogP contribution in [0, 0.1) is 18.6 Å². The van der Waals surface area contributed by atoms with Crippen LogP contribution in [0.3, 0.4) is 0 Å². The number of benzene rings is 1. The van der Waals surface area contributed by atoms with E-state index in [0.717, 1.165) is 11.1 Å². The molecule has 1 heterocycles. The van der Waals surface area contributed by atoms with E-state index in [-0.39, 0.29) is 5.69 Å². The molecular formula is C16H16F2N2OS. The van der Waals surface area contributed by atoms with Crippen molar-refractivity contribution in [3.63, 3.8) is 0 Å². The molecule has 1 amide bonds. The number of rotatable bonds is 5. The van der Waals surface area contributed by atoms with Crippen molar-refractivity contribution in [2.45, 2.75) is 11.8 Å². The number of carbonyl (C=O) groups is 1. The summed E-state index contributed by atoms with van der Waals surface area (Å²) in [4.78, 5) is 18.1. The summed E-state index contributed by atoms with van der Waals surface area (Å²) in [7, 11) is 1.57. The van der Waals surface area contributed by atoms with E-state index in [0.29, 0.717) is 18.4 Å². The molecule has 1 aromatic heterocycles. The molecule has 2 aromatic rings. The largest absolute Gasteiger partial charge is 0.339 e. The third kappa shape index (κ3) is 4.27. The van der Waals surface area contributed by atoms with Gasteiger partial charge >= 0.3 is 0 Å². The molecule has 0 aliphatic heterocycles. The molecule has 0 spiro atoms. The average molecular weight is 322 g/mol. The summed E-state index contributed by atoms with van der Waals surface area (Å²) in [6, 6.07) is 8.74. The number of pyridine rings is 1. The molecule has 0 saturated heterocycles. The highest BCUT2D eigenvalue weighted by atomic mass is 32.2. The van der Waals surface area contributed by atoms with E-state index in [1.54, 1.807) is 18.8 Å². The maximum absolute atomic E-state index is 13.5. The predicted molar refractivity (Wildman–Crippen MR) is 83.0 cm³/mol. The van der Waals surface area contributed by atoms with Crippen molar-refractivity contribution in [1.82, 2.24) is 9.88 Å². The predicted octanol–water partition coefficient (Wildman–Crippen LogP) is 3.53. The number of aryl methyl sites for hydroxylation is 1. The first-order chi connectivity index (χ1) is 10.5. The van der Waals surface area contributed by atoms with Gasteiger partial charge < -0.3 is 4.90 Å². The first kappa shape index (κ1) is 16.4. The zero-order valence-electron chi connectivity index (χ0n) is 12.3. The van der Waals surface area contributed by atoms with Crippen LogP contribution in [-0.2, 0) is 0 Å². The van der Waals surface area contributed by atoms with E-state index in [1.807, 2.05) is 31.2 Å². The Balaban J connectivity index is 1.90. The van der Waals surface area contributed by atoms with Crippen LogP contribution < -0.4 is 0 Å². The summed E-state index contributed by atoms with van der Waals surface area (Å²) in [5, 5.41) is 0. The zero-order chi connectivity index (χ0) is 16.1. The standard InChI is InChI=1S/C16H16F2N2OS/c1-11-3-5-13(6-4-11)22-8-7-20(2)16(21)15-14(18)9-12(17)10-19-15/h3-6,9-10H,7-8H2,1-2H3. The summed E-state index contributed by atoms with van der Waals surface area (Å²) >= 11 is 1.61. The monoisotopic (exact) mass is 322 g/mol. The van der Waals surface area contributed by atoms with Crippen LogP contribution in [0.15, 0.2) is 41.4 Å². The molecule has 0 bridgehead atoms. The molecule has 22 heavy (non-hydrogen) atoms. The van der Waals surface area contributed by atoms with Crippen molar-refractivity contribution in [3.8, 4) is 0 Å². The van der Waals surface area contributed by atoms with Crippen molar-refractivity contribution >= 4 is 17.7 Å². The first-order valence-corrected chi connectivity index (χ1v) is 7.72. The second-order valence-corrected chi connectivity index (χ2v) is 6.04. The van der Waals surface area contributed by atoms with E-state index >= 15 is 0 Å². The fraction of sp³-hybridized carbons (Fsp3) is 0.250. The number of aromatic nitrogens is 1. The minimum absolute atomic E-state index is 0.357. The Labute approximate surface area is 132 Å². The summed E-state index contributed by atoms with van der Waals surface area (Å²) in [5.41, 5.74) is 0.832. The smallest absolute Gasteiger partial charge is 0.275 e. The zero-order valence-corrected chi connectivity index (χ0v) is 13.2. The van der Waals surface area contributed by atoms with Gasteiger partial charge in [-0.1, -0.05) is 17.7 Å². The summed E-state index contributed by atoms with van der Waals surface area (Å²) in [6.45, 7) is 2.46. The quantitative estimate of drug-likeness (QED) is 0.790. The highest BCUT2D eigenvalue weighted by molar-refractivity contribution is 7.99. The Morgan fingerprint density at radius 2 is 1.95 bits per heavy atom. The second kappa shape index (κ2) is 7.35. The lowest BCUT2D eigenvalue weighted by Crippen LogP contribution is -2.30. The van der Waals surface area contributed by atoms with E-state index in [9.17, 15) is 13.6 Å². The van der Waals surface area contributed by atoms with Crippen molar-refractivity contribution in [2.75, 3.05) is 19.3 Å². The van der Waals surface area contributed by atoms with Crippen LogP contribution in [0.1, 0.15) is 16.1 Å². The number of thioether (sulfide) groups is 1. The second-order valence-electron chi connectivity index (χ2n) is 4.87. The van der Waals surface area contributed by atoms with Gasteiger partial charge in [-0.25, -0.2) is 13.8 Å². The van der Waals surface area contributed by atoms with Crippen molar-refractivity contribution in [2.24, 2.45) is 0 Å². The van der Waals surface area contributed by atoms with Crippen molar-refractivity contribution in [3.05, 3.63) is 59.4 Å². The molecule has 0 saturated carbocycles. The molecule has 3 nitrogen and oxygen atoms in total. The van der Waals surface area contributed by atoms with Crippen LogP contribution in [-0.4, -0.2) is 35.1 Å². The summed E-state index contributed by atoms with van der Waals surface area (Å²) in [6.07, 6.45) is 0.838. The normalized spacial score (nSPS) is 10.5. The lowest BCUT2D eigenvalue weighted by atomic mass is 10.2. The first-order valence-electron chi connectivity index (χ1n) is 6.73. The molecule has 0 aliphatic carbocycles. The van der Waals surface area contributed by atoms with E-state index in [4.69, 9.17) is 0 Å². The number of hydrogen-bond acceptors (Lipinski definition) is 3. The number of halogens is 2. The fourth-order valence-electron chi connectivity index (χ4n) is 1.79. The Bertz CT molecular complexity index is 662. The molecular weight excluding hydrogens is 306 g/mol. The molecule has 6 heteroatoms. The van der Waals surface area contributed by atoms with E-state index < -0.39 is 17.5 Å². The van der Waals surface area contributed by atoms with Crippen LogP contribution in [0.5, 0.6) is 0 Å². The van der Waals surface area contributed by atoms with Gasteiger partial charge in [-0.15, -0.1) is 11.8 Å². The van der Waals surface area contributed by atoms with Gasteiger partial charge in [0.05, 0.1) is 6.20 Å². The van der Waals surface area contributed by atoms with Crippen molar-refractivity contribution < 1.29 is 13.6 Å². The molecule has 0 aliphatic rings. The van der Waals surface area contributed by atoms with Crippen LogP contribution in [0.4, 0.5) is 8.78 Å². The van der Waals surface area contributed by atoms with Gasteiger partial charge in [-0.05, 0) is 19.1 Å². The van der Waals surface area contributed by atoms with Gasteiger partial charge in [0.25, 0.3) is 5.91 Å². The number of hydrogen-bond donors (Lipinski definition) is 0. The van der Waals surface area contributed by atoms with E-state index in [1.165, 1.54) is 10.5 Å². The van der Waals surface area contributed by atoms with Gasteiger partial charge in [0.1, 0.15) is 5.82 Å². The van der Waals surface area contributed by atoms with Gasteiger partial charge in [0.2, 0.25) is 0 Å². The minimum Gasteiger partial charge on any atom is -0.339 e. The van der Waals surface area contributed by atoms with Gasteiger partial charge in [0, 0.05) is 30.3 Å². The molecule has 0 N–H and O–H groups in total. The molecule has 2 rings (SSSR count). The van der Waals surface area contributed by atoms with Crippen LogP contribution >= 0.6 is 11.8 Å².